The fourth-order valence-corrected chi connectivity index (χ4v) is 2.38. The second-order valence-corrected chi connectivity index (χ2v) is 4.92. The van der Waals surface area contributed by atoms with Gasteiger partial charge in [0, 0.05) is 18.3 Å². The van der Waals surface area contributed by atoms with Crippen molar-refractivity contribution in [3.63, 3.8) is 0 Å². The SMILES string of the molecule is Cc1ccc(C(=O)NCC[C@H]2CCCN2)c(C)n1. The fraction of sp³-hybridized carbons (Fsp3) is 0.571. The van der Waals surface area contributed by atoms with Crippen molar-refractivity contribution in [3.8, 4) is 0 Å². The lowest BCUT2D eigenvalue weighted by Crippen LogP contribution is -2.31. The van der Waals surface area contributed by atoms with Gasteiger partial charge >= 0.3 is 0 Å². The molecule has 98 valence electrons. The Morgan fingerprint density at radius 3 is 3.00 bits per heavy atom. The first-order chi connectivity index (χ1) is 8.66. The van der Waals surface area contributed by atoms with Crippen LogP contribution < -0.4 is 10.6 Å². The Morgan fingerprint density at radius 2 is 2.33 bits per heavy atom. The van der Waals surface area contributed by atoms with Gasteiger partial charge in [0.05, 0.1) is 11.3 Å². The molecule has 0 saturated carbocycles. The highest BCUT2D eigenvalue weighted by Gasteiger charge is 2.14. The second kappa shape index (κ2) is 5.96. The minimum atomic E-state index is -0.0157. The highest BCUT2D eigenvalue weighted by Crippen LogP contribution is 2.09. The minimum Gasteiger partial charge on any atom is -0.352 e. The van der Waals surface area contributed by atoms with Crippen LogP contribution in [0.25, 0.3) is 0 Å². The van der Waals surface area contributed by atoms with E-state index >= 15 is 0 Å². The number of hydrogen-bond donors (Lipinski definition) is 2. The highest BCUT2D eigenvalue weighted by atomic mass is 16.1. The average Bonchev–Trinajstić information content (AvgIpc) is 2.81. The molecule has 1 atom stereocenters. The summed E-state index contributed by atoms with van der Waals surface area (Å²) in [5.41, 5.74) is 2.42. The van der Waals surface area contributed by atoms with E-state index in [9.17, 15) is 4.79 Å². The lowest BCUT2D eigenvalue weighted by Gasteiger charge is -2.11. The van der Waals surface area contributed by atoms with Gasteiger partial charge in [-0.25, -0.2) is 0 Å². The standard InChI is InChI=1S/C14H21N3O/c1-10-5-6-13(11(2)17-10)14(18)16-9-7-12-4-3-8-15-12/h5-6,12,15H,3-4,7-9H2,1-2H3,(H,16,18)/t12-/m1/s1. The van der Waals surface area contributed by atoms with Gasteiger partial charge in [-0.3, -0.25) is 9.78 Å². The average molecular weight is 247 g/mol. The maximum Gasteiger partial charge on any atom is 0.253 e. The van der Waals surface area contributed by atoms with Crippen molar-refractivity contribution in [2.24, 2.45) is 0 Å². The molecule has 0 aliphatic carbocycles. The Labute approximate surface area is 108 Å². The number of aromatic nitrogens is 1. The number of nitrogens with one attached hydrogen (secondary N) is 2. The molecule has 1 fully saturated rings. The number of carbonyl (C=O) groups is 1. The molecule has 0 bridgehead atoms. The molecule has 1 aliphatic heterocycles. The van der Waals surface area contributed by atoms with Crippen molar-refractivity contribution >= 4 is 5.91 Å². The molecular formula is C14H21N3O. The van der Waals surface area contributed by atoms with Crippen LogP contribution in [0, 0.1) is 13.8 Å². The molecule has 18 heavy (non-hydrogen) atoms. The molecule has 0 aromatic carbocycles. The summed E-state index contributed by atoms with van der Waals surface area (Å²) in [5.74, 6) is -0.0157. The van der Waals surface area contributed by atoms with Crippen LogP contribution in [0.1, 0.15) is 41.0 Å². The maximum absolute atomic E-state index is 12.0. The Morgan fingerprint density at radius 1 is 1.50 bits per heavy atom. The molecule has 0 radical (unpaired) electrons. The van der Waals surface area contributed by atoms with E-state index in [0.717, 1.165) is 30.9 Å². The van der Waals surface area contributed by atoms with Gasteiger partial charge in [-0.2, -0.15) is 0 Å². The third-order valence-electron chi connectivity index (χ3n) is 3.41. The molecule has 1 saturated heterocycles. The molecule has 0 unspecified atom stereocenters. The van der Waals surface area contributed by atoms with Gasteiger partial charge in [0.15, 0.2) is 0 Å². The normalized spacial score (nSPS) is 18.9. The van der Waals surface area contributed by atoms with E-state index < -0.39 is 0 Å². The van der Waals surface area contributed by atoms with Crippen molar-refractivity contribution < 1.29 is 4.79 Å². The van der Waals surface area contributed by atoms with Gasteiger partial charge < -0.3 is 10.6 Å². The summed E-state index contributed by atoms with van der Waals surface area (Å²) in [6, 6.07) is 4.30. The third-order valence-corrected chi connectivity index (χ3v) is 3.41. The zero-order valence-corrected chi connectivity index (χ0v) is 11.1. The fourth-order valence-electron chi connectivity index (χ4n) is 2.38. The first-order valence-electron chi connectivity index (χ1n) is 6.62. The molecule has 1 amide bonds. The van der Waals surface area contributed by atoms with Crippen LogP contribution >= 0.6 is 0 Å². The Bertz CT molecular complexity index is 425. The molecule has 4 nitrogen and oxygen atoms in total. The summed E-state index contributed by atoms with van der Waals surface area (Å²) >= 11 is 0. The molecule has 2 heterocycles. The zero-order valence-electron chi connectivity index (χ0n) is 11.1. The number of nitrogens with zero attached hydrogens (tertiary/aromatic N) is 1. The van der Waals surface area contributed by atoms with Gasteiger partial charge in [-0.1, -0.05) is 0 Å². The number of rotatable bonds is 4. The maximum atomic E-state index is 12.0. The van der Waals surface area contributed by atoms with Gasteiger partial charge in [0.1, 0.15) is 0 Å². The van der Waals surface area contributed by atoms with Crippen LogP contribution in [-0.4, -0.2) is 30.0 Å². The summed E-state index contributed by atoms with van der Waals surface area (Å²) in [4.78, 5) is 16.3. The van der Waals surface area contributed by atoms with Crippen LogP contribution in [0.15, 0.2) is 12.1 Å². The van der Waals surface area contributed by atoms with Crippen LogP contribution in [0.4, 0.5) is 0 Å². The lowest BCUT2D eigenvalue weighted by molar-refractivity contribution is 0.0951. The van der Waals surface area contributed by atoms with E-state index in [1.807, 2.05) is 26.0 Å². The second-order valence-electron chi connectivity index (χ2n) is 4.92. The summed E-state index contributed by atoms with van der Waals surface area (Å²) < 4.78 is 0. The smallest absolute Gasteiger partial charge is 0.253 e. The molecular weight excluding hydrogens is 226 g/mol. The van der Waals surface area contributed by atoms with E-state index in [-0.39, 0.29) is 5.91 Å². The zero-order chi connectivity index (χ0) is 13.0. The monoisotopic (exact) mass is 247 g/mol. The van der Waals surface area contributed by atoms with Crippen molar-refractivity contribution in [1.29, 1.82) is 0 Å². The van der Waals surface area contributed by atoms with Crippen molar-refractivity contribution in [1.82, 2.24) is 15.6 Å². The van der Waals surface area contributed by atoms with Crippen LogP contribution in [0.3, 0.4) is 0 Å². The third kappa shape index (κ3) is 3.29. The highest BCUT2D eigenvalue weighted by molar-refractivity contribution is 5.95. The number of amides is 1. The van der Waals surface area contributed by atoms with Gasteiger partial charge in [0.2, 0.25) is 0 Å². The quantitative estimate of drug-likeness (QED) is 0.849. The van der Waals surface area contributed by atoms with E-state index in [2.05, 4.69) is 15.6 Å². The predicted molar refractivity (Wildman–Crippen MR) is 71.7 cm³/mol. The van der Waals surface area contributed by atoms with Gasteiger partial charge in [-0.05, 0) is 51.8 Å². The van der Waals surface area contributed by atoms with Crippen molar-refractivity contribution in [2.75, 3.05) is 13.1 Å². The molecule has 1 aromatic heterocycles. The predicted octanol–water partition coefficient (Wildman–Crippen LogP) is 1.57. The Hall–Kier alpha value is -1.42. The molecule has 1 aromatic rings. The summed E-state index contributed by atoms with van der Waals surface area (Å²) in [7, 11) is 0. The molecule has 4 heteroatoms. The van der Waals surface area contributed by atoms with Crippen molar-refractivity contribution in [3.05, 3.63) is 29.1 Å². The van der Waals surface area contributed by atoms with E-state index in [1.54, 1.807) is 0 Å². The van der Waals surface area contributed by atoms with E-state index in [1.165, 1.54) is 12.8 Å². The summed E-state index contributed by atoms with van der Waals surface area (Å²) in [6.07, 6.45) is 3.48. The molecule has 2 rings (SSSR count). The number of aryl methyl sites for hydroxylation is 2. The van der Waals surface area contributed by atoms with Crippen LogP contribution in [-0.2, 0) is 0 Å². The Kier molecular flexibility index (Phi) is 4.31. The Balaban J connectivity index is 1.83. The number of carbonyl (C=O) groups excluding carboxylic acids is 1. The molecule has 2 N–H and O–H groups in total. The summed E-state index contributed by atoms with van der Waals surface area (Å²) in [6.45, 7) is 5.64. The van der Waals surface area contributed by atoms with E-state index in [4.69, 9.17) is 0 Å². The number of pyridine rings is 1. The van der Waals surface area contributed by atoms with Gasteiger partial charge in [-0.15, -0.1) is 0 Å². The van der Waals surface area contributed by atoms with Crippen LogP contribution in [0.5, 0.6) is 0 Å². The first kappa shape index (κ1) is 13.0. The first-order valence-corrected chi connectivity index (χ1v) is 6.62. The number of hydrogen-bond acceptors (Lipinski definition) is 3. The van der Waals surface area contributed by atoms with Crippen LogP contribution in [0.2, 0.25) is 0 Å². The largest absolute Gasteiger partial charge is 0.352 e. The molecule has 1 aliphatic rings. The van der Waals surface area contributed by atoms with Crippen molar-refractivity contribution in [2.45, 2.75) is 39.2 Å². The lowest BCUT2D eigenvalue weighted by atomic mass is 10.1. The molecule has 0 spiro atoms. The van der Waals surface area contributed by atoms with Gasteiger partial charge in [0.25, 0.3) is 5.91 Å². The minimum absolute atomic E-state index is 0.0157. The summed E-state index contributed by atoms with van der Waals surface area (Å²) in [5, 5.41) is 6.39. The topological polar surface area (TPSA) is 54.0 Å². The van der Waals surface area contributed by atoms with E-state index in [0.29, 0.717) is 11.6 Å².